The van der Waals surface area contributed by atoms with Crippen molar-refractivity contribution in [2.24, 2.45) is 5.73 Å². The van der Waals surface area contributed by atoms with Crippen LogP contribution in [0.15, 0.2) is 54.6 Å². The third-order valence-corrected chi connectivity index (χ3v) is 3.40. The first-order chi connectivity index (χ1) is 11.1. The molecule has 0 aliphatic carbocycles. The van der Waals surface area contributed by atoms with E-state index < -0.39 is 11.8 Å². The van der Waals surface area contributed by atoms with Gasteiger partial charge < -0.3 is 16.6 Å². The van der Waals surface area contributed by atoms with E-state index in [2.05, 4.69) is 9.97 Å². The highest BCUT2D eigenvalue weighted by Gasteiger charge is 2.19. The van der Waals surface area contributed by atoms with Crippen LogP contribution in [0, 0.1) is 0 Å². The van der Waals surface area contributed by atoms with Crippen molar-refractivity contribution in [1.29, 1.82) is 0 Å². The van der Waals surface area contributed by atoms with Crippen molar-refractivity contribution in [3.63, 3.8) is 0 Å². The average molecular weight is 306 g/mol. The number of primary amides is 1. The molecule has 2 aromatic carbocycles. The van der Waals surface area contributed by atoms with Gasteiger partial charge >= 0.3 is 0 Å². The van der Waals surface area contributed by atoms with Crippen molar-refractivity contribution >= 4 is 11.9 Å². The highest BCUT2D eigenvalue weighted by atomic mass is 16.3. The third-order valence-electron chi connectivity index (χ3n) is 3.40. The summed E-state index contributed by atoms with van der Waals surface area (Å²) in [6, 6.07) is 17.1. The standard InChI is InChI=1S/C17H14N4O2/c18-15(22)13-14(20-17(19)21-16(13)23)12-8-4-7-11(9-12)10-5-2-1-3-6-10/h1-9H,(H2,18,22)(H3,19,20,21,23). The second kappa shape index (κ2) is 5.76. The van der Waals surface area contributed by atoms with Crippen LogP contribution in [-0.2, 0) is 0 Å². The molecule has 0 aliphatic rings. The molecule has 0 saturated carbocycles. The number of nitrogens with two attached hydrogens (primary N) is 2. The van der Waals surface area contributed by atoms with Gasteiger partial charge in [0.2, 0.25) is 11.8 Å². The van der Waals surface area contributed by atoms with Crippen LogP contribution in [0.4, 0.5) is 5.95 Å². The topological polar surface area (TPSA) is 115 Å². The first kappa shape index (κ1) is 14.5. The van der Waals surface area contributed by atoms with Crippen LogP contribution in [0.2, 0.25) is 0 Å². The number of carbonyl (C=O) groups is 1. The van der Waals surface area contributed by atoms with Crippen LogP contribution in [0.3, 0.4) is 0 Å². The largest absolute Gasteiger partial charge is 0.493 e. The second-order valence-electron chi connectivity index (χ2n) is 4.94. The SMILES string of the molecule is NC(=O)c1c(O)nc(N)nc1-c1cccc(-c2ccccc2)c1. The van der Waals surface area contributed by atoms with Gasteiger partial charge in [0.1, 0.15) is 5.56 Å². The Morgan fingerprint density at radius 2 is 1.57 bits per heavy atom. The van der Waals surface area contributed by atoms with E-state index >= 15 is 0 Å². The molecule has 0 atom stereocenters. The summed E-state index contributed by atoms with van der Waals surface area (Å²) in [5.74, 6) is -1.47. The second-order valence-corrected chi connectivity index (χ2v) is 4.94. The number of carbonyl (C=O) groups excluding carboxylic acids is 1. The molecule has 1 aromatic heterocycles. The van der Waals surface area contributed by atoms with Crippen LogP contribution < -0.4 is 11.5 Å². The van der Waals surface area contributed by atoms with Gasteiger partial charge in [-0.1, -0.05) is 48.5 Å². The summed E-state index contributed by atoms with van der Waals surface area (Å²) in [5.41, 5.74) is 13.5. The van der Waals surface area contributed by atoms with Gasteiger partial charge in [0.05, 0.1) is 5.69 Å². The molecule has 0 fully saturated rings. The zero-order valence-corrected chi connectivity index (χ0v) is 12.1. The smallest absolute Gasteiger partial charge is 0.256 e. The van der Waals surface area contributed by atoms with Gasteiger partial charge in [0, 0.05) is 5.56 Å². The van der Waals surface area contributed by atoms with E-state index in [4.69, 9.17) is 11.5 Å². The van der Waals surface area contributed by atoms with E-state index in [1.807, 2.05) is 48.5 Å². The zero-order valence-electron chi connectivity index (χ0n) is 12.1. The quantitative estimate of drug-likeness (QED) is 0.686. The van der Waals surface area contributed by atoms with Crippen LogP contribution in [0.1, 0.15) is 10.4 Å². The molecule has 114 valence electrons. The maximum Gasteiger partial charge on any atom is 0.256 e. The molecule has 3 aromatic rings. The van der Waals surface area contributed by atoms with E-state index in [0.29, 0.717) is 5.56 Å². The number of rotatable bonds is 3. The number of nitrogens with zero attached hydrogens (tertiary/aromatic N) is 2. The highest BCUT2D eigenvalue weighted by Crippen LogP contribution is 2.30. The molecular formula is C17H14N4O2. The Morgan fingerprint density at radius 1 is 0.913 bits per heavy atom. The molecule has 5 N–H and O–H groups in total. The van der Waals surface area contributed by atoms with E-state index in [9.17, 15) is 9.90 Å². The molecule has 0 spiro atoms. The van der Waals surface area contributed by atoms with Crippen LogP contribution in [-0.4, -0.2) is 21.0 Å². The molecule has 1 amide bonds. The van der Waals surface area contributed by atoms with Gasteiger partial charge in [-0.2, -0.15) is 4.98 Å². The van der Waals surface area contributed by atoms with E-state index in [1.165, 1.54) is 0 Å². The number of hydrogen-bond acceptors (Lipinski definition) is 5. The van der Waals surface area contributed by atoms with Crippen LogP contribution >= 0.6 is 0 Å². The molecule has 6 nitrogen and oxygen atoms in total. The number of anilines is 1. The van der Waals surface area contributed by atoms with Gasteiger partial charge in [-0.25, -0.2) is 4.98 Å². The minimum atomic E-state index is -0.817. The van der Waals surface area contributed by atoms with Crippen LogP contribution in [0.5, 0.6) is 5.88 Å². The Kier molecular flexibility index (Phi) is 3.64. The fraction of sp³-hybridized carbons (Fsp3) is 0. The first-order valence-electron chi connectivity index (χ1n) is 6.88. The minimum absolute atomic E-state index is 0.132. The predicted molar refractivity (Wildman–Crippen MR) is 87.5 cm³/mol. The molecule has 1 heterocycles. The number of hydrogen-bond donors (Lipinski definition) is 3. The number of benzene rings is 2. The Labute approximate surface area is 132 Å². The molecule has 0 radical (unpaired) electrons. The summed E-state index contributed by atoms with van der Waals surface area (Å²) in [6.07, 6.45) is 0. The molecule has 3 rings (SSSR count). The van der Waals surface area contributed by atoms with Gasteiger partial charge in [0.15, 0.2) is 0 Å². The summed E-state index contributed by atoms with van der Waals surface area (Å²) in [7, 11) is 0. The minimum Gasteiger partial charge on any atom is -0.493 e. The molecule has 0 saturated heterocycles. The first-order valence-corrected chi connectivity index (χ1v) is 6.88. The van der Waals surface area contributed by atoms with Crippen molar-refractivity contribution in [2.75, 3.05) is 5.73 Å². The monoisotopic (exact) mass is 306 g/mol. The Morgan fingerprint density at radius 3 is 2.26 bits per heavy atom. The van der Waals surface area contributed by atoms with Crippen molar-refractivity contribution in [3.05, 3.63) is 60.2 Å². The predicted octanol–water partition coefficient (Wildman–Crippen LogP) is 2.20. The van der Waals surface area contributed by atoms with Crippen molar-refractivity contribution in [3.8, 4) is 28.3 Å². The molecule has 0 aliphatic heterocycles. The lowest BCUT2D eigenvalue weighted by Gasteiger charge is -2.10. The van der Waals surface area contributed by atoms with Gasteiger partial charge in [-0.3, -0.25) is 4.79 Å². The summed E-state index contributed by atoms with van der Waals surface area (Å²) >= 11 is 0. The van der Waals surface area contributed by atoms with E-state index in [0.717, 1.165) is 11.1 Å². The molecule has 6 heteroatoms. The average Bonchev–Trinajstić information content (AvgIpc) is 2.54. The van der Waals surface area contributed by atoms with Crippen molar-refractivity contribution in [1.82, 2.24) is 9.97 Å². The fourth-order valence-corrected chi connectivity index (χ4v) is 2.38. The lowest BCUT2D eigenvalue weighted by Crippen LogP contribution is -2.15. The number of aromatic hydroxyl groups is 1. The lowest BCUT2D eigenvalue weighted by molar-refractivity contribution is 0.0997. The maximum absolute atomic E-state index is 11.6. The van der Waals surface area contributed by atoms with Crippen LogP contribution in [0.25, 0.3) is 22.4 Å². The van der Waals surface area contributed by atoms with Gasteiger partial charge in [0.25, 0.3) is 5.91 Å². The van der Waals surface area contributed by atoms with Crippen molar-refractivity contribution < 1.29 is 9.90 Å². The fourth-order valence-electron chi connectivity index (χ4n) is 2.38. The number of amides is 1. The Hall–Kier alpha value is -3.41. The number of nitrogen functional groups attached to an aromatic ring is 1. The summed E-state index contributed by atoms with van der Waals surface area (Å²) in [4.78, 5) is 19.3. The maximum atomic E-state index is 11.6. The Balaban J connectivity index is 2.19. The normalized spacial score (nSPS) is 10.4. The Bertz CT molecular complexity index is 879. The van der Waals surface area contributed by atoms with Crippen molar-refractivity contribution in [2.45, 2.75) is 0 Å². The lowest BCUT2D eigenvalue weighted by atomic mass is 9.99. The summed E-state index contributed by atoms with van der Waals surface area (Å²) < 4.78 is 0. The molecular weight excluding hydrogens is 292 g/mol. The van der Waals surface area contributed by atoms with E-state index in [-0.39, 0.29) is 17.2 Å². The van der Waals surface area contributed by atoms with Gasteiger partial charge in [-0.15, -0.1) is 0 Å². The molecule has 0 bridgehead atoms. The zero-order chi connectivity index (χ0) is 16.4. The van der Waals surface area contributed by atoms with Gasteiger partial charge in [-0.05, 0) is 17.2 Å². The molecule has 23 heavy (non-hydrogen) atoms. The summed E-state index contributed by atoms with van der Waals surface area (Å²) in [6.45, 7) is 0. The number of aromatic nitrogens is 2. The third kappa shape index (κ3) is 2.82. The highest BCUT2D eigenvalue weighted by molar-refractivity contribution is 6.01. The van der Waals surface area contributed by atoms with E-state index in [1.54, 1.807) is 6.07 Å². The summed E-state index contributed by atoms with van der Waals surface area (Å²) in [5, 5.41) is 9.86. The molecule has 0 unspecified atom stereocenters.